The molecule has 9 heteroatoms. The molecule has 0 bridgehead atoms. The summed E-state index contributed by atoms with van der Waals surface area (Å²) in [7, 11) is -3.94. The number of carbonyl (C=O) groups is 1. The standard InChI is InChI=1S/C12H16ClN3O4S/c13-10-5-9(6-15-12(10)18)21(19,20)16(7-11(14)17)8-3-1-2-4-8/h5-6,8H,1-4,7H2,(H2,14,17)(H,15,18). The number of hydrogen-bond acceptors (Lipinski definition) is 4. The van der Waals surface area contributed by atoms with Crippen LogP contribution in [0.1, 0.15) is 25.7 Å². The Morgan fingerprint density at radius 2 is 2.05 bits per heavy atom. The number of nitrogens with zero attached hydrogens (tertiary/aromatic N) is 1. The Morgan fingerprint density at radius 1 is 1.43 bits per heavy atom. The summed E-state index contributed by atoms with van der Waals surface area (Å²) >= 11 is 5.67. The fraction of sp³-hybridized carbons (Fsp3) is 0.500. The molecule has 0 spiro atoms. The maximum absolute atomic E-state index is 12.7. The molecule has 0 radical (unpaired) electrons. The third kappa shape index (κ3) is 3.45. The number of aromatic amines is 1. The van der Waals surface area contributed by atoms with Crippen molar-refractivity contribution in [3.63, 3.8) is 0 Å². The molecule has 1 aliphatic rings. The first kappa shape index (κ1) is 16.0. The minimum atomic E-state index is -3.94. The summed E-state index contributed by atoms with van der Waals surface area (Å²) in [5, 5.41) is -0.221. The van der Waals surface area contributed by atoms with Crippen LogP contribution in [0.3, 0.4) is 0 Å². The van der Waals surface area contributed by atoms with Gasteiger partial charge in [-0.1, -0.05) is 24.4 Å². The Hall–Kier alpha value is -1.38. The van der Waals surface area contributed by atoms with Gasteiger partial charge >= 0.3 is 0 Å². The summed E-state index contributed by atoms with van der Waals surface area (Å²) in [6.07, 6.45) is 4.25. The quantitative estimate of drug-likeness (QED) is 0.814. The average molecular weight is 334 g/mol. The monoisotopic (exact) mass is 333 g/mol. The molecule has 1 aromatic heterocycles. The van der Waals surface area contributed by atoms with E-state index in [-0.39, 0.29) is 22.5 Å². The Balaban J connectivity index is 2.42. The molecule has 1 heterocycles. The van der Waals surface area contributed by atoms with Crippen molar-refractivity contribution in [3.05, 3.63) is 27.6 Å². The lowest BCUT2D eigenvalue weighted by molar-refractivity contribution is -0.118. The minimum Gasteiger partial charge on any atom is -0.369 e. The van der Waals surface area contributed by atoms with Crippen LogP contribution in [0.5, 0.6) is 0 Å². The van der Waals surface area contributed by atoms with E-state index in [4.69, 9.17) is 17.3 Å². The van der Waals surface area contributed by atoms with Gasteiger partial charge in [0.05, 0.1) is 11.4 Å². The van der Waals surface area contributed by atoms with Crippen molar-refractivity contribution in [3.8, 4) is 0 Å². The number of nitrogens with one attached hydrogen (secondary N) is 1. The van der Waals surface area contributed by atoms with E-state index in [0.717, 1.165) is 29.4 Å². The molecule has 1 aromatic rings. The van der Waals surface area contributed by atoms with Gasteiger partial charge in [-0.2, -0.15) is 4.31 Å². The fourth-order valence-electron chi connectivity index (χ4n) is 2.48. The second-order valence-corrected chi connectivity index (χ2v) is 7.27. The number of amides is 1. The maximum atomic E-state index is 12.7. The van der Waals surface area contributed by atoms with Gasteiger partial charge in [0.2, 0.25) is 15.9 Å². The molecular weight excluding hydrogens is 318 g/mol. The highest BCUT2D eigenvalue weighted by molar-refractivity contribution is 7.89. The van der Waals surface area contributed by atoms with Gasteiger partial charge in [-0.15, -0.1) is 0 Å². The van der Waals surface area contributed by atoms with Gasteiger partial charge in [0.25, 0.3) is 5.56 Å². The van der Waals surface area contributed by atoms with Crippen LogP contribution >= 0.6 is 11.6 Å². The number of sulfonamides is 1. The lowest BCUT2D eigenvalue weighted by Crippen LogP contribution is -2.44. The predicted octanol–water partition coefficient (Wildman–Crippen LogP) is 0.447. The Labute approximate surface area is 127 Å². The van der Waals surface area contributed by atoms with Crippen LogP contribution in [-0.4, -0.2) is 36.2 Å². The molecule has 1 aliphatic carbocycles. The van der Waals surface area contributed by atoms with Crippen molar-refractivity contribution in [1.82, 2.24) is 9.29 Å². The summed E-state index contributed by atoms with van der Waals surface area (Å²) in [5.41, 5.74) is 4.59. The lowest BCUT2D eigenvalue weighted by Gasteiger charge is -2.26. The van der Waals surface area contributed by atoms with E-state index in [1.165, 1.54) is 0 Å². The van der Waals surface area contributed by atoms with E-state index in [9.17, 15) is 18.0 Å². The van der Waals surface area contributed by atoms with Gasteiger partial charge in [0, 0.05) is 12.2 Å². The van der Waals surface area contributed by atoms with Gasteiger partial charge in [-0.3, -0.25) is 9.59 Å². The Bertz CT molecular complexity index is 695. The molecule has 3 N–H and O–H groups in total. The van der Waals surface area contributed by atoms with Crippen LogP contribution in [0.25, 0.3) is 0 Å². The number of hydrogen-bond donors (Lipinski definition) is 2. The third-order valence-electron chi connectivity index (χ3n) is 3.48. The van der Waals surface area contributed by atoms with Crippen LogP contribution in [0.2, 0.25) is 5.02 Å². The van der Waals surface area contributed by atoms with Crippen molar-refractivity contribution < 1.29 is 13.2 Å². The first-order chi connectivity index (χ1) is 9.82. The van der Waals surface area contributed by atoms with Crippen LogP contribution in [0.15, 0.2) is 22.0 Å². The highest BCUT2D eigenvalue weighted by Crippen LogP contribution is 2.28. The molecule has 0 atom stereocenters. The van der Waals surface area contributed by atoms with Gasteiger partial charge < -0.3 is 10.7 Å². The number of pyridine rings is 1. The summed E-state index contributed by atoms with van der Waals surface area (Å²) in [4.78, 5) is 24.5. The van der Waals surface area contributed by atoms with Crippen molar-refractivity contribution in [2.24, 2.45) is 5.73 Å². The highest BCUT2D eigenvalue weighted by Gasteiger charge is 2.34. The maximum Gasteiger partial charge on any atom is 0.266 e. The van der Waals surface area contributed by atoms with Crippen LogP contribution < -0.4 is 11.3 Å². The Kier molecular flexibility index (Phi) is 4.70. The number of halogens is 1. The van der Waals surface area contributed by atoms with Crippen molar-refractivity contribution in [1.29, 1.82) is 0 Å². The van der Waals surface area contributed by atoms with E-state index in [0.29, 0.717) is 12.8 Å². The molecule has 0 aliphatic heterocycles. The lowest BCUT2D eigenvalue weighted by atomic mass is 10.2. The Morgan fingerprint density at radius 3 is 2.57 bits per heavy atom. The van der Waals surface area contributed by atoms with E-state index >= 15 is 0 Å². The number of primary amides is 1. The topological polar surface area (TPSA) is 113 Å². The molecule has 0 saturated heterocycles. The summed E-state index contributed by atoms with van der Waals surface area (Å²) in [5.74, 6) is -0.721. The average Bonchev–Trinajstić information content (AvgIpc) is 2.92. The number of nitrogens with two attached hydrogens (primary N) is 1. The number of carbonyl (C=O) groups excluding carboxylic acids is 1. The fourth-order valence-corrected chi connectivity index (χ4v) is 4.36. The molecule has 116 valence electrons. The van der Waals surface area contributed by atoms with Crippen LogP contribution in [0.4, 0.5) is 0 Å². The zero-order valence-corrected chi connectivity index (χ0v) is 12.8. The van der Waals surface area contributed by atoms with Crippen molar-refractivity contribution in [2.45, 2.75) is 36.6 Å². The highest BCUT2D eigenvalue weighted by atomic mass is 35.5. The first-order valence-corrected chi connectivity index (χ1v) is 8.32. The van der Waals surface area contributed by atoms with E-state index in [1.54, 1.807) is 0 Å². The number of aromatic nitrogens is 1. The molecule has 1 amide bonds. The van der Waals surface area contributed by atoms with E-state index < -0.39 is 21.5 Å². The molecule has 0 unspecified atom stereocenters. The molecule has 1 saturated carbocycles. The normalized spacial score (nSPS) is 16.5. The third-order valence-corrected chi connectivity index (χ3v) is 5.64. The van der Waals surface area contributed by atoms with Gasteiger partial charge in [0.1, 0.15) is 5.02 Å². The summed E-state index contributed by atoms with van der Waals surface area (Å²) < 4.78 is 26.4. The largest absolute Gasteiger partial charge is 0.369 e. The second kappa shape index (κ2) is 6.17. The number of H-pyrrole nitrogens is 1. The SMILES string of the molecule is NC(=O)CN(C1CCCC1)S(=O)(=O)c1c[nH]c(=O)c(Cl)c1. The zero-order valence-electron chi connectivity index (χ0n) is 11.2. The van der Waals surface area contributed by atoms with Gasteiger partial charge in [-0.25, -0.2) is 8.42 Å². The van der Waals surface area contributed by atoms with Crippen LogP contribution in [-0.2, 0) is 14.8 Å². The first-order valence-electron chi connectivity index (χ1n) is 6.51. The predicted molar refractivity (Wildman–Crippen MR) is 77.4 cm³/mol. The molecule has 0 aromatic carbocycles. The van der Waals surface area contributed by atoms with Gasteiger partial charge in [0.15, 0.2) is 0 Å². The zero-order chi connectivity index (χ0) is 15.6. The number of rotatable bonds is 5. The molecule has 1 fully saturated rings. The van der Waals surface area contributed by atoms with E-state index in [2.05, 4.69) is 4.98 Å². The molecule has 21 heavy (non-hydrogen) atoms. The summed E-state index contributed by atoms with van der Waals surface area (Å²) in [6.45, 7) is -0.385. The molecule has 2 rings (SSSR count). The molecular formula is C12H16ClN3O4S. The second-order valence-electron chi connectivity index (χ2n) is 4.97. The van der Waals surface area contributed by atoms with Gasteiger partial charge in [-0.05, 0) is 18.9 Å². The smallest absolute Gasteiger partial charge is 0.266 e. The summed E-state index contributed by atoms with van der Waals surface area (Å²) in [6, 6.07) is 0.826. The van der Waals surface area contributed by atoms with E-state index in [1.807, 2.05) is 0 Å². The van der Waals surface area contributed by atoms with Crippen molar-refractivity contribution in [2.75, 3.05) is 6.54 Å². The molecule has 7 nitrogen and oxygen atoms in total. The van der Waals surface area contributed by atoms with Crippen molar-refractivity contribution >= 4 is 27.5 Å². The minimum absolute atomic E-state index is 0.153. The van der Waals surface area contributed by atoms with Crippen LogP contribution in [0, 0.1) is 0 Å².